The van der Waals surface area contributed by atoms with Crippen LogP contribution in [0.3, 0.4) is 0 Å². The zero-order valence-electron chi connectivity index (χ0n) is 16.4. The highest BCUT2D eigenvalue weighted by Gasteiger charge is 2.20. The number of anilines is 1. The van der Waals surface area contributed by atoms with Gasteiger partial charge in [-0.25, -0.2) is 0 Å². The van der Waals surface area contributed by atoms with E-state index < -0.39 is 0 Å². The van der Waals surface area contributed by atoms with E-state index in [0.29, 0.717) is 40.8 Å². The third-order valence-corrected chi connectivity index (χ3v) is 4.35. The van der Waals surface area contributed by atoms with Crippen LogP contribution in [0, 0.1) is 0 Å². The van der Waals surface area contributed by atoms with Crippen molar-refractivity contribution in [2.24, 2.45) is 0 Å². The highest BCUT2D eigenvalue weighted by Crippen LogP contribution is 2.28. The van der Waals surface area contributed by atoms with Gasteiger partial charge in [0.1, 0.15) is 5.76 Å². The molecule has 152 valence electrons. The molecule has 0 saturated carbocycles. The van der Waals surface area contributed by atoms with Gasteiger partial charge in [-0.1, -0.05) is 0 Å². The van der Waals surface area contributed by atoms with Gasteiger partial charge in [-0.3, -0.25) is 9.78 Å². The van der Waals surface area contributed by atoms with Crippen LogP contribution in [0.15, 0.2) is 65.5 Å². The highest BCUT2D eigenvalue weighted by atomic mass is 16.5. The van der Waals surface area contributed by atoms with Crippen LogP contribution in [0.5, 0.6) is 11.5 Å². The van der Waals surface area contributed by atoms with Crippen LogP contribution in [0.4, 0.5) is 5.95 Å². The molecule has 4 aromatic rings. The van der Waals surface area contributed by atoms with E-state index in [2.05, 4.69) is 20.4 Å². The lowest BCUT2D eigenvalue weighted by atomic mass is 10.2. The molecule has 0 radical (unpaired) electrons. The summed E-state index contributed by atoms with van der Waals surface area (Å²) in [6.07, 6.45) is 4.87. The number of rotatable bonds is 7. The van der Waals surface area contributed by atoms with E-state index >= 15 is 0 Å². The maximum atomic E-state index is 13.2. The van der Waals surface area contributed by atoms with Gasteiger partial charge in [0.05, 0.1) is 27.0 Å². The number of carbonyl (C=O) groups excluding carboxylic acids is 1. The Balaban J connectivity index is 1.71. The van der Waals surface area contributed by atoms with E-state index in [1.807, 2.05) is 12.1 Å². The molecule has 1 aromatic carbocycles. The van der Waals surface area contributed by atoms with Crippen molar-refractivity contribution in [1.29, 1.82) is 0 Å². The molecule has 3 heterocycles. The van der Waals surface area contributed by atoms with Crippen LogP contribution in [0.2, 0.25) is 0 Å². The molecule has 4 rings (SSSR count). The molecule has 9 nitrogen and oxygen atoms in total. The van der Waals surface area contributed by atoms with Crippen molar-refractivity contribution in [3.8, 4) is 22.9 Å². The van der Waals surface area contributed by atoms with Crippen molar-refractivity contribution in [3.05, 3.63) is 72.4 Å². The lowest BCUT2D eigenvalue weighted by Crippen LogP contribution is -2.17. The van der Waals surface area contributed by atoms with E-state index in [0.717, 1.165) is 0 Å². The standard InChI is InChI=1S/C21H19N5O4/c1-28-17-8-7-14(11-18(17)29-2)20(27)26-21(23-13-16-6-4-10-30-16)24-19(25-26)15-5-3-9-22-12-15/h3-12H,13H2,1-2H3,(H,23,24,25). The Kier molecular flexibility index (Phi) is 5.42. The van der Waals surface area contributed by atoms with Crippen molar-refractivity contribution in [1.82, 2.24) is 19.7 Å². The molecule has 0 saturated heterocycles. The Morgan fingerprint density at radius 3 is 2.70 bits per heavy atom. The molecular weight excluding hydrogens is 386 g/mol. The van der Waals surface area contributed by atoms with Gasteiger partial charge in [-0.15, -0.1) is 5.10 Å². The van der Waals surface area contributed by atoms with Crippen molar-refractivity contribution in [3.63, 3.8) is 0 Å². The number of methoxy groups -OCH3 is 2. The Morgan fingerprint density at radius 1 is 1.13 bits per heavy atom. The van der Waals surface area contributed by atoms with Crippen molar-refractivity contribution in [2.45, 2.75) is 6.54 Å². The Morgan fingerprint density at radius 2 is 2.00 bits per heavy atom. The predicted octanol–water partition coefficient (Wildman–Crippen LogP) is 3.25. The quantitative estimate of drug-likeness (QED) is 0.500. The van der Waals surface area contributed by atoms with Gasteiger partial charge in [-0.05, 0) is 42.5 Å². The zero-order chi connectivity index (χ0) is 20.9. The number of benzene rings is 1. The summed E-state index contributed by atoms with van der Waals surface area (Å²) in [5, 5.41) is 7.51. The van der Waals surface area contributed by atoms with Crippen LogP contribution in [-0.4, -0.2) is 39.9 Å². The van der Waals surface area contributed by atoms with E-state index in [4.69, 9.17) is 13.9 Å². The molecule has 1 N–H and O–H groups in total. The minimum atomic E-state index is -0.375. The Hall–Kier alpha value is -4.14. The maximum absolute atomic E-state index is 13.2. The highest BCUT2D eigenvalue weighted by molar-refractivity contribution is 5.97. The SMILES string of the molecule is COc1ccc(C(=O)n2nc(-c3cccnc3)nc2NCc2ccco2)cc1OC. The third-order valence-electron chi connectivity index (χ3n) is 4.35. The summed E-state index contributed by atoms with van der Waals surface area (Å²) >= 11 is 0. The number of aromatic nitrogens is 4. The van der Waals surface area contributed by atoms with E-state index in [9.17, 15) is 4.79 Å². The fraction of sp³-hybridized carbons (Fsp3) is 0.143. The first-order valence-corrected chi connectivity index (χ1v) is 9.10. The maximum Gasteiger partial charge on any atom is 0.281 e. The van der Waals surface area contributed by atoms with Gasteiger partial charge in [0.2, 0.25) is 5.95 Å². The monoisotopic (exact) mass is 405 g/mol. The van der Waals surface area contributed by atoms with Crippen molar-refractivity contribution < 1.29 is 18.7 Å². The molecule has 0 fully saturated rings. The van der Waals surface area contributed by atoms with Crippen molar-refractivity contribution >= 4 is 11.9 Å². The molecule has 0 atom stereocenters. The summed E-state index contributed by atoms with van der Waals surface area (Å²) in [4.78, 5) is 21.8. The second-order valence-electron chi connectivity index (χ2n) is 6.22. The van der Waals surface area contributed by atoms with Gasteiger partial charge in [0, 0.05) is 23.5 Å². The summed E-state index contributed by atoms with van der Waals surface area (Å²) in [6.45, 7) is 0.345. The molecule has 9 heteroatoms. The van der Waals surface area contributed by atoms with Gasteiger partial charge < -0.3 is 19.2 Å². The first-order valence-electron chi connectivity index (χ1n) is 9.10. The fourth-order valence-electron chi connectivity index (χ4n) is 2.86. The number of ether oxygens (including phenoxy) is 2. The van der Waals surface area contributed by atoms with Crippen LogP contribution in [0.25, 0.3) is 11.4 Å². The van der Waals surface area contributed by atoms with Gasteiger partial charge >= 0.3 is 0 Å². The average molecular weight is 405 g/mol. The number of hydrogen-bond acceptors (Lipinski definition) is 8. The van der Waals surface area contributed by atoms with E-state index in [1.165, 1.54) is 18.9 Å². The van der Waals surface area contributed by atoms with Crippen LogP contribution >= 0.6 is 0 Å². The summed E-state index contributed by atoms with van der Waals surface area (Å²) < 4.78 is 17.1. The number of hydrogen-bond donors (Lipinski definition) is 1. The van der Waals surface area contributed by atoms with E-state index in [-0.39, 0.29) is 11.9 Å². The fourth-order valence-corrected chi connectivity index (χ4v) is 2.86. The minimum absolute atomic E-state index is 0.282. The smallest absolute Gasteiger partial charge is 0.281 e. The number of nitrogens with zero attached hydrogens (tertiary/aromatic N) is 4. The summed E-state index contributed by atoms with van der Waals surface area (Å²) in [6, 6.07) is 12.1. The molecule has 3 aromatic heterocycles. The largest absolute Gasteiger partial charge is 0.493 e. The van der Waals surface area contributed by atoms with Crippen LogP contribution in [-0.2, 0) is 6.54 Å². The number of furan rings is 1. The molecule has 30 heavy (non-hydrogen) atoms. The Bertz CT molecular complexity index is 1140. The third kappa shape index (κ3) is 3.86. The molecule has 0 spiro atoms. The molecule has 0 aliphatic heterocycles. The summed E-state index contributed by atoms with van der Waals surface area (Å²) in [7, 11) is 3.05. The summed E-state index contributed by atoms with van der Waals surface area (Å²) in [5.74, 6) is 1.95. The van der Waals surface area contributed by atoms with Gasteiger partial charge in [0.25, 0.3) is 5.91 Å². The second kappa shape index (κ2) is 8.48. The molecule has 0 aliphatic rings. The summed E-state index contributed by atoms with van der Waals surface area (Å²) in [5.41, 5.74) is 1.06. The lowest BCUT2D eigenvalue weighted by molar-refractivity contribution is 0.0947. The lowest BCUT2D eigenvalue weighted by Gasteiger charge is -2.10. The van der Waals surface area contributed by atoms with Crippen molar-refractivity contribution in [2.75, 3.05) is 19.5 Å². The molecule has 0 bridgehead atoms. The average Bonchev–Trinajstić information content (AvgIpc) is 3.47. The second-order valence-corrected chi connectivity index (χ2v) is 6.22. The first-order chi connectivity index (χ1) is 14.7. The number of pyridine rings is 1. The van der Waals surface area contributed by atoms with Crippen LogP contribution in [0.1, 0.15) is 16.1 Å². The topological polar surface area (TPSA) is 104 Å². The predicted molar refractivity (Wildman–Crippen MR) is 109 cm³/mol. The molecule has 0 unspecified atom stereocenters. The molecule has 0 amide bonds. The Labute approximate surface area is 172 Å². The van der Waals surface area contributed by atoms with Gasteiger partial charge in [0.15, 0.2) is 17.3 Å². The van der Waals surface area contributed by atoms with Gasteiger partial charge in [-0.2, -0.15) is 9.67 Å². The number of nitrogens with one attached hydrogen (secondary N) is 1. The number of carbonyl (C=O) groups is 1. The minimum Gasteiger partial charge on any atom is -0.493 e. The molecular formula is C21H19N5O4. The zero-order valence-corrected chi connectivity index (χ0v) is 16.4. The first kappa shape index (κ1) is 19.2. The van der Waals surface area contributed by atoms with E-state index in [1.54, 1.807) is 49.0 Å². The molecule has 0 aliphatic carbocycles. The van der Waals surface area contributed by atoms with Crippen LogP contribution < -0.4 is 14.8 Å². The normalized spacial score (nSPS) is 10.6.